The van der Waals surface area contributed by atoms with Gasteiger partial charge < -0.3 is 20.7 Å². The van der Waals surface area contributed by atoms with Crippen molar-refractivity contribution < 1.29 is 19.1 Å². The summed E-state index contributed by atoms with van der Waals surface area (Å²) in [5, 5.41) is 8.41. The molecule has 1 fully saturated rings. The van der Waals surface area contributed by atoms with Crippen LogP contribution in [0.2, 0.25) is 0 Å². The van der Waals surface area contributed by atoms with E-state index in [4.69, 9.17) is 4.74 Å². The Morgan fingerprint density at radius 2 is 1.67 bits per heavy atom. The second kappa shape index (κ2) is 11.1. The van der Waals surface area contributed by atoms with Crippen molar-refractivity contribution in [3.63, 3.8) is 0 Å². The first-order chi connectivity index (χ1) is 14.6. The van der Waals surface area contributed by atoms with Gasteiger partial charge in [-0.25, -0.2) is 4.79 Å². The Morgan fingerprint density at radius 1 is 1.00 bits per heavy atom. The van der Waals surface area contributed by atoms with Crippen molar-refractivity contribution in [2.24, 2.45) is 0 Å². The molecule has 0 spiro atoms. The standard InChI is InChI=1S/C23H27N3O4/c27-21(15-25-22(28)19-12-7-13-24-19)26-20(14-17-8-3-1-4-9-17)23(29)30-16-18-10-5-2-6-11-18/h1-6,8-11,19-20,24H,7,12-16H2,(H,25,28)(H,26,27)/t19-,20+/m0/s1. The van der Waals surface area contributed by atoms with Crippen LogP contribution < -0.4 is 16.0 Å². The number of nitrogens with one attached hydrogen (secondary N) is 3. The van der Waals surface area contributed by atoms with Crippen LogP contribution in [0.5, 0.6) is 0 Å². The second-order valence-corrected chi connectivity index (χ2v) is 7.27. The quantitative estimate of drug-likeness (QED) is 0.543. The summed E-state index contributed by atoms with van der Waals surface area (Å²) in [6.07, 6.45) is 2.00. The molecule has 0 radical (unpaired) electrons. The number of rotatable bonds is 9. The molecule has 2 aromatic carbocycles. The summed E-state index contributed by atoms with van der Waals surface area (Å²) in [5.74, 6) is -1.15. The van der Waals surface area contributed by atoms with Gasteiger partial charge in [0.25, 0.3) is 0 Å². The second-order valence-electron chi connectivity index (χ2n) is 7.27. The van der Waals surface area contributed by atoms with E-state index in [1.807, 2.05) is 60.7 Å². The highest BCUT2D eigenvalue weighted by molar-refractivity contribution is 5.90. The third-order valence-corrected chi connectivity index (χ3v) is 4.93. The molecule has 1 heterocycles. The first-order valence-corrected chi connectivity index (χ1v) is 10.2. The van der Waals surface area contributed by atoms with Crippen molar-refractivity contribution in [2.75, 3.05) is 13.1 Å². The van der Waals surface area contributed by atoms with Crippen LogP contribution in [0.15, 0.2) is 60.7 Å². The number of carbonyl (C=O) groups excluding carboxylic acids is 3. The summed E-state index contributed by atoms with van der Waals surface area (Å²) in [5.41, 5.74) is 1.77. The van der Waals surface area contributed by atoms with Crippen molar-refractivity contribution in [2.45, 2.75) is 38.0 Å². The van der Waals surface area contributed by atoms with Gasteiger partial charge in [0.05, 0.1) is 12.6 Å². The van der Waals surface area contributed by atoms with Crippen molar-refractivity contribution in [3.05, 3.63) is 71.8 Å². The lowest BCUT2D eigenvalue weighted by Gasteiger charge is -2.19. The Morgan fingerprint density at radius 3 is 2.30 bits per heavy atom. The fourth-order valence-electron chi connectivity index (χ4n) is 3.32. The molecular formula is C23H27N3O4. The minimum atomic E-state index is -0.842. The van der Waals surface area contributed by atoms with E-state index in [-0.39, 0.29) is 25.1 Å². The smallest absolute Gasteiger partial charge is 0.329 e. The largest absolute Gasteiger partial charge is 0.459 e. The van der Waals surface area contributed by atoms with Gasteiger partial charge in [0, 0.05) is 6.42 Å². The molecular weight excluding hydrogens is 382 g/mol. The third kappa shape index (κ3) is 6.70. The summed E-state index contributed by atoms with van der Waals surface area (Å²) in [4.78, 5) is 37.1. The number of benzene rings is 2. The molecule has 0 unspecified atom stereocenters. The highest BCUT2D eigenvalue weighted by Gasteiger charge is 2.25. The van der Waals surface area contributed by atoms with Crippen molar-refractivity contribution in [3.8, 4) is 0 Å². The average molecular weight is 409 g/mol. The van der Waals surface area contributed by atoms with E-state index in [9.17, 15) is 14.4 Å². The fraction of sp³-hybridized carbons (Fsp3) is 0.348. The maximum Gasteiger partial charge on any atom is 0.329 e. The summed E-state index contributed by atoms with van der Waals surface area (Å²) in [6.45, 7) is 0.746. The van der Waals surface area contributed by atoms with E-state index < -0.39 is 17.9 Å². The molecule has 0 aliphatic carbocycles. The van der Waals surface area contributed by atoms with Crippen LogP contribution in [0.25, 0.3) is 0 Å². The van der Waals surface area contributed by atoms with Crippen molar-refractivity contribution in [1.29, 1.82) is 0 Å². The third-order valence-electron chi connectivity index (χ3n) is 4.93. The molecule has 1 aliphatic heterocycles. The fourth-order valence-corrected chi connectivity index (χ4v) is 3.32. The summed E-state index contributed by atoms with van der Waals surface area (Å²) < 4.78 is 5.42. The van der Waals surface area contributed by atoms with Gasteiger partial charge in [-0.15, -0.1) is 0 Å². The number of carbonyl (C=O) groups is 3. The Labute approximate surface area is 176 Å². The van der Waals surface area contributed by atoms with Gasteiger partial charge in [0.2, 0.25) is 11.8 Å². The molecule has 2 aromatic rings. The zero-order valence-electron chi connectivity index (χ0n) is 16.8. The lowest BCUT2D eigenvalue weighted by atomic mass is 10.1. The highest BCUT2D eigenvalue weighted by Crippen LogP contribution is 2.08. The van der Waals surface area contributed by atoms with Gasteiger partial charge in [-0.05, 0) is 30.5 Å². The molecule has 2 amide bonds. The van der Waals surface area contributed by atoms with E-state index in [0.717, 1.165) is 30.5 Å². The van der Waals surface area contributed by atoms with Crippen LogP contribution in [0.3, 0.4) is 0 Å². The predicted octanol–water partition coefficient (Wildman–Crippen LogP) is 1.33. The van der Waals surface area contributed by atoms with E-state index in [1.54, 1.807) is 0 Å². The molecule has 0 aromatic heterocycles. The van der Waals surface area contributed by atoms with Gasteiger partial charge in [-0.1, -0.05) is 60.7 Å². The highest BCUT2D eigenvalue weighted by atomic mass is 16.5. The first kappa shape index (κ1) is 21.5. The van der Waals surface area contributed by atoms with Gasteiger partial charge in [0.15, 0.2) is 0 Å². The Kier molecular flexibility index (Phi) is 7.97. The number of esters is 1. The van der Waals surface area contributed by atoms with Crippen LogP contribution >= 0.6 is 0 Å². The van der Waals surface area contributed by atoms with Crippen molar-refractivity contribution in [1.82, 2.24) is 16.0 Å². The van der Waals surface area contributed by atoms with Gasteiger partial charge >= 0.3 is 5.97 Å². The van der Waals surface area contributed by atoms with Crippen LogP contribution in [0.1, 0.15) is 24.0 Å². The monoisotopic (exact) mass is 409 g/mol. The molecule has 7 heteroatoms. The maximum atomic E-state index is 12.7. The molecule has 0 bridgehead atoms. The van der Waals surface area contributed by atoms with Crippen molar-refractivity contribution >= 4 is 17.8 Å². The van der Waals surface area contributed by atoms with E-state index in [1.165, 1.54) is 0 Å². The van der Waals surface area contributed by atoms with Crippen LogP contribution in [-0.4, -0.2) is 43.0 Å². The zero-order valence-corrected chi connectivity index (χ0v) is 16.8. The summed E-state index contributed by atoms with van der Waals surface area (Å²) in [6, 6.07) is 17.7. The number of hydrogen-bond acceptors (Lipinski definition) is 5. The molecule has 1 aliphatic rings. The first-order valence-electron chi connectivity index (χ1n) is 10.2. The molecule has 7 nitrogen and oxygen atoms in total. The molecule has 3 rings (SSSR count). The zero-order chi connectivity index (χ0) is 21.2. The van der Waals surface area contributed by atoms with Gasteiger partial charge in [-0.2, -0.15) is 0 Å². The topological polar surface area (TPSA) is 96.5 Å². The Hall–Kier alpha value is -3.19. The number of hydrogen-bond donors (Lipinski definition) is 3. The SMILES string of the molecule is O=C(CNC(=O)[C@@H]1CCCN1)N[C@H](Cc1ccccc1)C(=O)OCc1ccccc1. The minimum absolute atomic E-state index is 0.130. The Balaban J connectivity index is 1.56. The van der Waals surface area contributed by atoms with E-state index >= 15 is 0 Å². The van der Waals surface area contributed by atoms with Crippen LogP contribution in [0, 0.1) is 0 Å². The lowest BCUT2D eigenvalue weighted by Crippen LogP contribution is -2.49. The van der Waals surface area contributed by atoms with E-state index in [0.29, 0.717) is 6.42 Å². The molecule has 2 atom stereocenters. The lowest BCUT2D eigenvalue weighted by molar-refractivity contribution is -0.149. The molecule has 0 saturated carbocycles. The molecule has 30 heavy (non-hydrogen) atoms. The van der Waals surface area contributed by atoms with Gasteiger partial charge in [0.1, 0.15) is 12.6 Å². The summed E-state index contributed by atoms with van der Waals surface area (Å²) in [7, 11) is 0. The number of ether oxygens (including phenoxy) is 1. The normalized spacial score (nSPS) is 16.5. The van der Waals surface area contributed by atoms with E-state index in [2.05, 4.69) is 16.0 Å². The summed E-state index contributed by atoms with van der Waals surface area (Å²) >= 11 is 0. The molecule has 158 valence electrons. The molecule has 1 saturated heterocycles. The van der Waals surface area contributed by atoms with Crippen LogP contribution in [0.4, 0.5) is 0 Å². The predicted molar refractivity (Wildman–Crippen MR) is 112 cm³/mol. The maximum absolute atomic E-state index is 12.7. The van der Waals surface area contributed by atoms with Crippen LogP contribution in [-0.2, 0) is 32.1 Å². The Bertz CT molecular complexity index is 836. The molecule has 3 N–H and O–H groups in total. The van der Waals surface area contributed by atoms with Gasteiger partial charge in [-0.3, -0.25) is 9.59 Å². The number of amides is 2. The minimum Gasteiger partial charge on any atom is -0.459 e. The average Bonchev–Trinajstić information content (AvgIpc) is 3.32.